The van der Waals surface area contributed by atoms with Gasteiger partial charge in [-0.15, -0.1) is 11.8 Å². The highest BCUT2D eigenvalue weighted by molar-refractivity contribution is 8.01. The minimum atomic E-state index is -1.87. The third kappa shape index (κ3) is 4.44. The smallest absolute Gasteiger partial charge is 0.232 e. The fraction of sp³-hybridized carbons (Fsp3) is 0.333. The lowest BCUT2D eigenvalue weighted by atomic mass is 9.83. The molecule has 7 heteroatoms. The molecular weight excluding hydrogens is 533 g/mol. The van der Waals surface area contributed by atoms with Gasteiger partial charge in [0.25, 0.3) is 0 Å². The molecule has 3 unspecified atom stereocenters. The van der Waals surface area contributed by atoms with Crippen LogP contribution in [0.15, 0.2) is 102 Å². The first-order valence-corrected chi connectivity index (χ1v) is 17.6. The van der Waals surface area contributed by atoms with Crippen molar-refractivity contribution in [2.75, 3.05) is 0 Å². The second-order valence-corrected chi connectivity index (χ2v) is 16.4. The first-order chi connectivity index (χ1) is 19.0. The molecule has 5 rings (SSSR count). The molecule has 3 atom stereocenters. The molecule has 40 heavy (non-hydrogen) atoms. The highest BCUT2D eigenvalue weighted by Crippen LogP contribution is 2.66. The number of carbonyl (C=O) groups is 1. The Morgan fingerprint density at radius 3 is 1.70 bits per heavy atom. The number of aryl methyl sites for hydroxylation is 1. The summed E-state index contributed by atoms with van der Waals surface area (Å²) < 4.78 is 4.87. The average molecular weight is 571 g/mol. The second-order valence-electron chi connectivity index (χ2n) is 11.9. The van der Waals surface area contributed by atoms with Crippen LogP contribution in [0, 0.1) is 6.92 Å². The Balaban J connectivity index is 1.79. The van der Waals surface area contributed by atoms with Crippen molar-refractivity contribution < 1.29 is 14.3 Å². The van der Waals surface area contributed by atoms with E-state index in [-0.39, 0.29) is 11.3 Å². The topological polar surface area (TPSA) is 66.6 Å². The summed E-state index contributed by atoms with van der Waals surface area (Å²) in [4.78, 5) is 20.9. The number of benzene rings is 3. The number of β-lactam (4-membered cyclic amide) rings is 1. The predicted molar refractivity (Wildman–Crippen MR) is 165 cm³/mol. The van der Waals surface area contributed by atoms with Crippen molar-refractivity contribution in [2.24, 2.45) is 0 Å². The Hall–Kier alpha value is -3.13. The minimum absolute atomic E-state index is 0.00425. The van der Waals surface area contributed by atoms with Gasteiger partial charge in [-0.05, 0) is 37.5 Å². The molecule has 2 heterocycles. The van der Waals surface area contributed by atoms with Gasteiger partial charge >= 0.3 is 0 Å². The number of oxazole rings is 1. The summed E-state index contributed by atoms with van der Waals surface area (Å²) in [7, 11) is -1.87. The van der Waals surface area contributed by atoms with Gasteiger partial charge in [0.05, 0.1) is 24.0 Å². The van der Waals surface area contributed by atoms with Gasteiger partial charge in [-0.1, -0.05) is 104 Å². The van der Waals surface area contributed by atoms with Gasteiger partial charge < -0.3 is 14.4 Å². The maximum atomic E-state index is 14.4. The molecular formula is C33H38N2O3SSi. The van der Waals surface area contributed by atoms with E-state index in [1.807, 2.05) is 23.1 Å². The monoisotopic (exact) mass is 570 g/mol. The fourth-order valence-electron chi connectivity index (χ4n) is 6.12. The summed E-state index contributed by atoms with van der Waals surface area (Å²) in [6, 6.07) is 31.5. The van der Waals surface area contributed by atoms with Gasteiger partial charge in [0.2, 0.25) is 5.91 Å². The third-order valence-electron chi connectivity index (χ3n) is 8.11. The molecule has 4 aromatic rings. The van der Waals surface area contributed by atoms with Crippen molar-refractivity contribution in [2.45, 2.75) is 67.6 Å². The van der Waals surface area contributed by atoms with E-state index in [4.69, 9.17) is 4.42 Å². The Bertz CT molecular complexity index is 1360. The normalized spacial score (nSPS) is 20.4. The molecule has 1 aliphatic heterocycles. The predicted octanol–water partition coefficient (Wildman–Crippen LogP) is 6.94. The van der Waals surface area contributed by atoms with Crippen LogP contribution in [-0.4, -0.2) is 40.6 Å². The molecule has 0 aliphatic carbocycles. The van der Waals surface area contributed by atoms with Crippen LogP contribution in [0.1, 0.15) is 55.2 Å². The highest BCUT2D eigenvalue weighted by Gasteiger charge is 2.70. The highest BCUT2D eigenvalue weighted by atomic mass is 32.2. The van der Waals surface area contributed by atoms with E-state index >= 15 is 0 Å². The van der Waals surface area contributed by atoms with Crippen molar-refractivity contribution in [3.8, 4) is 0 Å². The molecule has 208 valence electrons. The third-order valence-corrected chi connectivity index (χ3v) is 13.0. The SMILES string of the molecule is Cc1nc(C(O)C2([SiH](C)C)C(=O)N(C(C)(C)C)C2SC(c2ccccc2)(c2ccccc2)c2ccccc2)co1. The van der Waals surface area contributed by atoms with Crippen LogP contribution >= 0.6 is 11.8 Å². The van der Waals surface area contributed by atoms with Crippen LogP contribution in [0.4, 0.5) is 0 Å². The summed E-state index contributed by atoms with van der Waals surface area (Å²) in [5.41, 5.74) is 3.35. The van der Waals surface area contributed by atoms with E-state index in [1.54, 1.807) is 18.7 Å². The zero-order valence-corrected chi connectivity index (χ0v) is 26.0. The fourth-order valence-corrected chi connectivity index (χ4v) is 11.4. The lowest BCUT2D eigenvalue weighted by molar-refractivity contribution is -0.164. The summed E-state index contributed by atoms with van der Waals surface area (Å²) in [6.07, 6.45) is 0.437. The van der Waals surface area contributed by atoms with Crippen molar-refractivity contribution in [1.29, 1.82) is 0 Å². The van der Waals surface area contributed by atoms with Crippen molar-refractivity contribution in [3.05, 3.63) is 126 Å². The van der Waals surface area contributed by atoms with E-state index in [0.29, 0.717) is 11.6 Å². The number of thioether (sulfide) groups is 1. The largest absolute Gasteiger partial charge is 0.449 e. The molecule has 1 fully saturated rings. The Morgan fingerprint density at radius 2 is 1.35 bits per heavy atom. The van der Waals surface area contributed by atoms with Crippen molar-refractivity contribution in [1.82, 2.24) is 9.88 Å². The molecule has 1 N–H and O–H groups in total. The standard InChI is InChI=1S/C33H38N2O3SSi/c1-23-34-27(22-38-23)28(36)33(40(5)6)29(37)35(31(2,3)4)30(33)39-32(24-16-10-7-11-17-24,25-18-12-8-13-19-25)26-20-14-9-15-21-26/h7-22,28,30,36,40H,1-6H3. The van der Waals surface area contributed by atoms with Gasteiger partial charge in [0.15, 0.2) is 5.89 Å². The van der Waals surface area contributed by atoms with Gasteiger partial charge in [0.1, 0.15) is 18.1 Å². The van der Waals surface area contributed by atoms with Gasteiger partial charge in [0, 0.05) is 12.5 Å². The Labute approximate surface area is 243 Å². The number of rotatable bonds is 8. The number of nitrogens with zero attached hydrogens (tertiary/aromatic N) is 2. The summed E-state index contributed by atoms with van der Waals surface area (Å²) in [5.74, 6) is 0.473. The summed E-state index contributed by atoms with van der Waals surface area (Å²) in [6.45, 7) is 12.3. The molecule has 0 radical (unpaired) electrons. The zero-order valence-electron chi connectivity index (χ0n) is 24.0. The van der Waals surface area contributed by atoms with E-state index in [1.165, 1.54) is 6.26 Å². The van der Waals surface area contributed by atoms with E-state index in [2.05, 4.69) is 112 Å². The van der Waals surface area contributed by atoms with E-state index in [0.717, 1.165) is 16.7 Å². The number of carbonyl (C=O) groups excluding carboxylic acids is 1. The summed E-state index contributed by atoms with van der Waals surface area (Å²) in [5, 5.41) is 10.8. The Morgan fingerprint density at radius 1 is 0.900 bits per heavy atom. The quantitative estimate of drug-likeness (QED) is 0.141. The maximum absolute atomic E-state index is 14.4. The molecule has 1 aliphatic rings. The molecule has 5 nitrogen and oxygen atoms in total. The molecule has 3 aromatic carbocycles. The number of likely N-dealkylation sites (tertiary alicyclic amines) is 1. The van der Waals surface area contributed by atoms with E-state index in [9.17, 15) is 9.90 Å². The van der Waals surface area contributed by atoms with Crippen LogP contribution in [0.25, 0.3) is 0 Å². The number of aliphatic hydroxyl groups excluding tert-OH is 1. The van der Waals surface area contributed by atoms with Crippen LogP contribution in [0.2, 0.25) is 18.1 Å². The Kier molecular flexibility index (Phi) is 7.59. The first-order valence-electron chi connectivity index (χ1n) is 13.8. The zero-order chi connectivity index (χ0) is 28.7. The molecule has 0 bridgehead atoms. The number of aliphatic hydroxyl groups is 1. The van der Waals surface area contributed by atoms with E-state index < -0.39 is 30.2 Å². The molecule has 1 aromatic heterocycles. The lowest BCUT2D eigenvalue weighted by Gasteiger charge is -2.64. The van der Waals surface area contributed by atoms with Crippen molar-refractivity contribution in [3.63, 3.8) is 0 Å². The van der Waals surface area contributed by atoms with Crippen LogP contribution in [0.3, 0.4) is 0 Å². The van der Waals surface area contributed by atoms with Crippen molar-refractivity contribution >= 4 is 26.5 Å². The molecule has 0 spiro atoms. The molecule has 0 saturated carbocycles. The van der Waals surface area contributed by atoms with Crippen LogP contribution in [0.5, 0.6) is 0 Å². The number of amides is 1. The average Bonchev–Trinajstić information content (AvgIpc) is 3.38. The molecule has 1 amide bonds. The number of aromatic nitrogens is 1. The number of hydrogen-bond acceptors (Lipinski definition) is 5. The first kappa shape index (κ1) is 28.4. The van der Waals surface area contributed by atoms with Gasteiger partial charge in [-0.3, -0.25) is 4.79 Å². The summed E-state index contributed by atoms with van der Waals surface area (Å²) >= 11 is 1.76. The van der Waals surface area contributed by atoms with Gasteiger partial charge in [-0.25, -0.2) is 4.98 Å². The maximum Gasteiger partial charge on any atom is 0.232 e. The van der Waals surface area contributed by atoms with Crippen LogP contribution in [-0.2, 0) is 9.54 Å². The number of hydrogen-bond donors (Lipinski definition) is 1. The second kappa shape index (κ2) is 10.7. The van der Waals surface area contributed by atoms with Crippen LogP contribution < -0.4 is 0 Å². The molecule has 1 saturated heterocycles. The van der Waals surface area contributed by atoms with Gasteiger partial charge in [-0.2, -0.15) is 0 Å². The lowest BCUT2D eigenvalue weighted by Crippen LogP contribution is -2.74. The minimum Gasteiger partial charge on any atom is -0.449 e.